The molecule has 2 rings (SSSR count). The van der Waals surface area contributed by atoms with Gasteiger partial charge in [-0.1, -0.05) is 19.9 Å². The fourth-order valence-corrected chi connectivity index (χ4v) is 1.06. The van der Waals surface area contributed by atoms with Gasteiger partial charge in [-0.25, -0.2) is 4.98 Å². The number of anilines is 1. The molecule has 1 N–H and O–H groups in total. The van der Waals surface area contributed by atoms with Crippen LogP contribution in [0.3, 0.4) is 0 Å². The van der Waals surface area contributed by atoms with Crippen molar-refractivity contribution in [3.63, 3.8) is 0 Å². The van der Waals surface area contributed by atoms with Crippen molar-refractivity contribution in [3.05, 3.63) is 23.9 Å². The minimum absolute atomic E-state index is 0.698. The Morgan fingerprint density at radius 1 is 1.31 bits per heavy atom. The third kappa shape index (κ3) is 3.45. The van der Waals surface area contributed by atoms with Gasteiger partial charge in [0.05, 0.1) is 0 Å². The van der Waals surface area contributed by atoms with Crippen LogP contribution in [0.2, 0.25) is 0 Å². The number of aryl methyl sites for hydroxylation is 1. The van der Waals surface area contributed by atoms with Crippen molar-refractivity contribution < 1.29 is 0 Å². The maximum atomic E-state index is 4.34. The van der Waals surface area contributed by atoms with Gasteiger partial charge in [0.1, 0.15) is 5.82 Å². The van der Waals surface area contributed by atoms with Gasteiger partial charge in [0.2, 0.25) is 0 Å². The van der Waals surface area contributed by atoms with Gasteiger partial charge in [-0.05, 0) is 31.9 Å². The van der Waals surface area contributed by atoms with Gasteiger partial charge in [-0.3, -0.25) is 0 Å². The van der Waals surface area contributed by atoms with Crippen molar-refractivity contribution in [1.29, 1.82) is 0 Å². The first-order valence-corrected chi connectivity index (χ1v) is 5.05. The van der Waals surface area contributed by atoms with Crippen LogP contribution in [-0.4, -0.2) is 11.0 Å². The van der Waals surface area contributed by atoms with Crippen LogP contribution in [0.15, 0.2) is 18.2 Å². The Morgan fingerprint density at radius 3 is 2.54 bits per heavy atom. The first-order valence-electron chi connectivity index (χ1n) is 5.05. The number of nitrogens with zero attached hydrogens (tertiary/aromatic N) is 1. The zero-order chi connectivity index (χ0) is 9.68. The smallest absolute Gasteiger partial charge is 0.126 e. The highest BCUT2D eigenvalue weighted by molar-refractivity contribution is 5.37. The average molecular weight is 178 g/mol. The van der Waals surface area contributed by atoms with E-state index in [2.05, 4.69) is 10.3 Å². The average Bonchev–Trinajstić information content (AvgIpc) is 2.92. The van der Waals surface area contributed by atoms with Gasteiger partial charge < -0.3 is 5.32 Å². The summed E-state index contributed by atoms with van der Waals surface area (Å²) in [5, 5.41) is 3.35. The SMILES string of the molecule is CC.Cc1cccc(NC2CC2)n1. The van der Waals surface area contributed by atoms with Crippen LogP contribution in [-0.2, 0) is 0 Å². The van der Waals surface area contributed by atoms with E-state index < -0.39 is 0 Å². The highest BCUT2D eigenvalue weighted by Crippen LogP contribution is 2.23. The molecule has 1 aromatic rings. The Balaban J connectivity index is 0.000000396. The normalized spacial score (nSPS) is 14.4. The van der Waals surface area contributed by atoms with E-state index in [1.807, 2.05) is 39.0 Å². The van der Waals surface area contributed by atoms with Gasteiger partial charge >= 0.3 is 0 Å². The highest BCUT2D eigenvalue weighted by atomic mass is 15.0. The second-order valence-electron chi connectivity index (χ2n) is 3.08. The van der Waals surface area contributed by atoms with E-state index in [0.717, 1.165) is 11.5 Å². The first-order chi connectivity index (χ1) is 6.34. The first kappa shape index (κ1) is 10.0. The Morgan fingerprint density at radius 2 is 2.00 bits per heavy atom. The molecule has 0 aromatic carbocycles. The molecule has 0 atom stereocenters. The number of rotatable bonds is 2. The Kier molecular flexibility index (Phi) is 3.74. The molecule has 1 aliphatic rings. The van der Waals surface area contributed by atoms with Crippen molar-refractivity contribution in [1.82, 2.24) is 4.98 Å². The van der Waals surface area contributed by atoms with Crippen molar-refractivity contribution in [2.75, 3.05) is 5.32 Å². The fraction of sp³-hybridized carbons (Fsp3) is 0.545. The zero-order valence-electron chi connectivity index (χ0n) is 8.67. The van der Waals surface area contributed by atoms with Gasteiger partial charge in [0.15, 0.2) is 0 Å². The van der Waals surface area contributed by atoms with E-state index in [1.165, 1.54) is 12.8 Å². The van der Waals surface area contributed by atoms with Crippen LogP contribution in [0.1, 0.15) is 32.4 Å². The largest absolute Gasteiger partial charge is 0.367 e. The third-order valence-corrected chi connectivity index (χ3v) is 1.82. The Hall–Kier alpha value is -1.05. The van der Waals surface area contributed by atoms with E-state index in [0.29, 0.717) is 6.04 Å². The summed E-state index contributed by atoms with van der Waals surface area (Å²) in [6, 6.07) is 6.76. The monoisotopic (exact) mass is 178 g/mol. The lowest BCUT2D eigenvalue weighted by Gasteiger charge is -2.02. The van der Waals surface area contributed by atoms with Crippen molar-refractivity contribution in [2.45, 2.75) is 39.7 Å². The van der Waals surface area contributed by atoms with Gasteiger partial charge in [0.25, 0.3) is 0 Å². The van der Waals surface area contributed by atoms with E-state index >= 15 is 0 Å². The number of pyridine rings is 1. The third-order valence-electron chi connectivity index (χ3n) is 1.82. The molecule has 1 aliphatic carbocycles. The number of aromatic nitrogens is 1. The quantitative estimate of drug-likeness (QED) is 0.753. The van der Waals surface area contributed by atoms with Crippen molar-refractivity contribution in [2.24, 2.45) is 0 Å². The van der Waals surface area contributed by atoms with Gasteiger partial charge in [-0.15, -0.1) is 0 Å². The molecule has 1 heterocycles. The summed E-state index contributed by atoms with van der Waals surface area (Å²) in [6.07, 6.45) is 2.60. The number of nitrogens with one attached hydrogen (secondary N) is 1. The second kappa shape index (κ2) is 4.85. The molecule has 0 saturated heterocycles. The van der Waals surface area contributed by atoms with E-state index in [4.69, 9.17) is 0 Å². The topological polar surface area (TPSA) is 24.9 Å². The summed E-state index contributed by atoms with van der Waals surface area (Å²) in [7, 11) is 0. The number of hydrogen-bond acceptors (Lipinski definition) is 2. The number of hydrogen-bond donors (Lipinski definition) is 1. The molecule has 0 radical (unpaired) electrons. The fourth-order valence-electron chi connectivity index (χ4n) is 1.06. The minimum atomic E-state index is 0.698. The molecular weight excluding hydrogens is 160 g/mol. The molecule has 2 heteroatoms. The maximum Gasteiger partial charge on any atom is 0.126 e. The van der Waals surface area contributed by atoms with Crippen LogP contribution in [0.25, 0.3) is 0 Å². The van der Waals surface area contributed by atoms with E-state index in [-0.39, 0.29) is 0 Å². The van der Waals surface area contributed by atoms with Crippen molar-refractivity contribution in [3.8, 4) is 0 Å². The molecule has 0 spiro atoms. The summed E-state index contributed by atoms with van der Waals surface area (Å²) in [5.41, 5.74) is 1.08. The van der Waals surface area contributed by atoms with Gasteiger partial charge in [0, 0.05) is 11.7 Å². The lowest BCUT2D eigenvalue weighted by molar-refractivity contribution is 1.09. The van der Waals surface area contributed by atoms with Crippen LogP contribution < -0.4 is 5.32 Å². The van der Waals surface area contributed by atoms with Crippen LogP contribution in [0.5, 0.6) is 0 Å². The summed E-state index contributed by atoms with van der Waals surface area (Å²) in [5.74, 6) is 1.02. The van der Waals surface area contributed by atoms with Crippen LogP contribution in [0, 0.1) is 6.92 Å². The predicted molar refractivity (Wildman–Crippen MR) is 57.0 cm³/mol. The molecule has 0 amide bonds. The second-order valence-corrected chi connectivity index (χ2v) is 3.08. The molecule has 13 heavy (non-hydrogen) atoms. The molecule has 1 aromatic heterocycles. The van der Waals surface area contributed by atoms with E-state index in [9.17, 15) is 0 Å². The van der Waals surface area contributed by atoms with Gasteiger partial charge in [-0.2, -0.15) is 0 Å². The lowest BCUT2D eigenvalue weighted by atomic mass is 10.4. The maximum absolute atomic E-state index is 4.34. The Bertz CT molecular complexity index is 254. The van der Waals surface area contributed by atoms with E-state index in [1.54, 1.807) is 0 Å². The molecule has 1 saturated carbocycles. The minimum Gasteiger partial charge on any atom is -0.367 e. The molecule has 2 nitrogen and oxygen atoms in total. The zero-order valence-corrected chi connectivity index (χ0v) is 8.67. The predicted octanol–water partition coefficient (Wildman–Crippen LogP) is 2.99. The standard InChI is InChI=1S/C9H12N2.C2H6/c1-7-3-2-4-9(10-7)11-8-5-6-8;1-2/h2-4,8H,5-6H2,1H3,(H,10,11);1-2H3. The van der Waals surface area contributed by atoms with Crippen LogP contribution >= 0.6 is 0 Å². The molecule has 72 valence electrons. The summed E-state index contributed by atoms with van der Waals surface area (Å²) < 4.78 is 0. The molecule has 1 fully saturated rings. The highest BCUT2D eigenvalue weighted by Gasteiger charge is 2.20. The molecule has 0 aliphatic heterocycles. The molecule has 0 unspecified atom stereocenters. The summed E-state index contributed by atoms with van der Waals surface area (Å²) >= 11 is 0. The molecule has 0 bridgehead atoms. The summed E-state index contributed by atoms with van der Waals surface area (Å²) in [6.45, 7) is 6.01. The summed E-state index contributed by atoms with van der Waals surface area (Å²) in [4.78, 5) is 4.34. The van der Waals surface area contributed by atoms with Crippen molar-refractivity contribution >= 4 is 5.82 Å². The van der Waals surface area contributed by atoms with Crippen LogP contribution in [0.4, 0.5) is 5.82 Å². The Labute approximate surface area is 80.4 Å². The lowest BCUT2D eigenvalue weighted by Crippen LogP contribution is -2.02. The molecular formula is C11H18N2.